The molecule has 0 aliphatic rings. The second-order valence-corrected chi connectivity index (χ2v) is 6.29. The zero-order valence-corrected chi connectivity index (χ0v) is 14.3. The monoisotopic (exact) mass is 331 g/mol. The van der Waals surface area contributed by atoms with Crippen LogP contribution in [0.4, 0.5) is 5.69 Å². The van der Waals surface area contributed by atoms with Crippen LogP contribution in [0, 0.1) is 20.8 Å². The van der Waals surface area contributed by atoms with E-state index in [0.717, 1.165) is 17.4 Å². The second kappa shape index (κ2) is 6.45. The summed E-state index contributed by atoms with van der Waals surface area (Å²) in [5.41, 5.74) is 8.03. The molecule has 2 aromatic carbocycles. The Morgan fingerprint density at radius 3 is 2.30 bits per heavy atom. The lowest BCUT2D eigenvalue weighted by atomic mass is 10.0. The Hall–Kier alpha value is -1.28. The van der Waals surface area contributed by atoms with Crippen molar-refractivity contribution in [3.05, 3.63) is 62.6 Å². The molecule has 0 aliphatic heterocycles. The molecule has 1 nitrogen and oxygen atoms in total. The minimum atomic E-state index is 0.877. The van der Waals surface area contributed by atoms with Crippen molar-refractivity contribution in [3.8, 4) is 0 Å². The maximum atomic E-state index is 3.57. The van der Waals surface area contributed by atoms with Crippen LogP contribution < -0.4 is 5.32 Å². The van der Waals surface area contributed by atoms with Gasteiger partial charge < -0.3 is 5.32 Å². The summed E-state index contributed by atoms with van der Waals surface area (Å²) in [6, 6.07) is 11.0. The van der Waals surface area contributed by atoms with Crippen LogP contribution in [0.15, 0.2) is 34.8 Å². The molecule has 0 aliphatic carbocycles. The standard InChI is InChI=1S/C18H22BrN/c1-5-15-10-17(19)6-7-18(15)20-11-16-9-13(3)12(2)8-14(16)4/h6-10,20H,5,11H2,1-4H3. The van der Waals surface area contributed by atoms with Crippen molar-refractivity contribution >= 4 is 21.6 Å². The normalized spacial score (nSPS) is 10.7. The van der Waals surface area contributed by atoms with Crippen LogP contribution in [0.25, 0.3) is 0 Å². The van der Waals surface area contributed by atoms with Gasteiger partial charge in [0.05, 0.1) is 0 Å². The summed E-state index contributed by atoms with van der Waals surface area (Å²) in [6.07, 6.45) is 1.04. The molecule has 106 valence electrons. The number of halogens is 1. The number of aryl methyl sites for hydroxylation is 4. The molecule has 2 aromatic rings. The van der Waals surface area contributed by atoms with Crippen molar-refractivity contribution in [1.82, 2.24) is 0 Å². The van der Waals surface area contributed by atoms with Crippen LogP contribution >= 0.6 is 15.9 Å². The van der Waals surface area contributed by atoms with E-state index < -0.39 is 0 Å². The molecule has 2 rings (SSSR count). The molecular formula is C18H22BrN. The van der Waals surface area contributed by atoms with Crippen LogP contribution in [0.2, 0.25) is 0 Å². The second-order valence-electron chi connectivity index (χ2n) is 5.37. The molecule has 20 heavy (non-hydrogen) atoms. The molecule has 0 atom stereocenters. The molecule has 0 heterocycles. The fraction of sp³-hybridized carbons (Fsp3) is 0.333. The van der Waals surface area contributed by atoms with Gasteiger partial charge in [-0.3, -0.25) is 0 Å². The molecule has 0 unspecified atom stereocenters. The zero-order valence-electron chi connectivity index (χ0n) is 12.7. The Kier molecular flexibility index (Phi) is 4.87. The van der Waals surface area contributed by atoms with Gasteiger partial charge in [-0.25, -0.2) is 0 Å². The predicted molar refractivity (Wildman–Crippen MR) is 91.5 cm³/mol. The maximum absolute atomic E-state index is 3.57. The molecule has 0 spiro atoms. The third-order valence-electron chi connectivity index (χ3n) is 3.87. The Labute approximate surface area is 130 Å². The highest BCUT2D eigenvalue weighted by Gasteiger charge is 2.04. The van der Waals surface area contributed by atoms with Gasteiger partial charge in [0.1, 0.15) is 0 Å². The SMILES string of the molecule is CCc1cc(Br)ccc1NCc1cc(C)c(C)cc1C. The Bertz CT molecular complexity index is 617. The zero-order chi connectivity index (χ0) is 14.7. The smallest absolute Gasteiger partial charge is 0.0403 e. The average molecular weight is 332 g/mol. The lowest BCUT2D eigenvalue weighted by Gasteiger charge is -2.14. The van der Waals surface area contributed by atoms with Gasteiger partial charge in [-0.1, -0.05) is 35.0 Å². The molecule has 2 heteroatoms. The average Bonchev–Trinajstić information content (AvgIpc) is 2.42. The largest absolute Gasteiger partial charge is 0.381 e. The molecule has 0 saturated heterocycles. The topological polar surface area (TPSA) is 12.0 Å². The van der Waals surface area contributed by atoms with Gasteiger partial charge in [-0.2, -0.15) is 0 Å². The van der Waals surface area contributed by atoms with Crippen LogP contribution in [0.5, 0.6) is 0 Å². The van der Waals surface area contributed by atoms with Crippen molar-refractivity contribution in [2.24, 2.45) is 0 Å². The van der Waals surface area contributed by atoms with Crippen molar-refractivity contribution in [2.75, 3.05) is 5.32 Å². The van der Waals surface area contributed by atoms with E-state index in [2.05, 4.69) is 79.3 Å². The van der Waals surface area contributed by atoms with E-state index in [0.29, 0.717) is 0 Å². The highest BCUT2D eigenvalue weighted by Crippen LogP contribution is 2.23. The van der Waals surface area contributed by atoms with E-state index in [4.69, 9.17) is 0 Å². The van der Waals surface area contributed by atoms with Crippen molar-refractivity contribution in [2.45, 2.75) is 40.7 Å². The number of anilines is 1. The first-order valence-electron chi connectivity index (χ1n) is 7.10. The predicted octanol–water partition coefficient (Wildman–Crippen LogP) is 5.55. The highest BCUT2D eigenvalue weighted by atomic mass is 79.9. The van der Waals surface area contributed by atoms with E-state index in [1.807, 2.05) is 0 Å². The van der Waals surface area contributed by atoms with Crippen molar-refractivity contribution in [1.29, 1.82) is 0 Å². The molecule has 0 bridgehead atoms. The highest BCUT2D eigenvalue weighted by molar-refractivity contribution is 9.10. The number of hydrogen-bond acceptors (Lipinski definition) is 1. The lowest BCUT2D eigenvalue weighted by molar-refractivity contribution is 1.07. The van der Waals surface area contributed by atoms with E-state index >= 15 is 0 Å². The molecule has 0 fully saturated rings. The van der Waals surface area contributed by atoms with E-state index in [1.165, 1.54) is 33.5 Å². The molecule has 0 radical (unpaired) electrons. The molecule has 0 amide bonds. The first-order chi connectivity index (χ1) is 9.51. The number of nitrogens with one attached hydrogen (secondary N) is 1. The fourth-order valence-corrected chi connectivity index (χ4v) is 2.84. The summed E-state index contributed by atoms with van der Waals surface area (Å²) < 4.78 is 1.14. The first kappa shape index (κ1) is 15.1. The van der Waals surface area contributed by atoms with Gasteiger partial charge in [0, 0.05) is 16.7 Å². The maximum Gasteiger partial charge on any atom is 0.0403 e. The number of rotatable bonds is 4. The Morgan fingerprint density at radius 2 is 1.60 bits per heavy atom. The van der Waals surface area contributed by atoms with Crippen molar-refractivity contribution in [3.63, 3.8) is 0 Å². The molecule has 0 saturated carbocycles. The fourth-order valence-electron chi connectivity index (χ4n) is 2.43. The molecular weight excluding hydrogens is 310 g/mol. The summed E-state index contributed by atoms with van der Waals surface area (Å²) in [7, 11) is 0. The van der Waals surface area contributed by atoms with Crippen LogP contribution in [-0.4, -0.2) is 0 Å². The third kappa shape index (κ3) is 3.43. The lowest BCUT2D eigenvalue weighted by Crippen LogP contribution is -2.04. The van der Waals surface area contributed by atoms with Crippen LogP contribution in [-0.2, 0) is 13.0 Å². The quantitative estimate of drug-likeness (QED) is 0.774. The van der Waals surface area contributed by atoms with Gasteiger partial charge in [-0.15, -0.1) is 0 Å². The Morgan fingerprint density at radius 1 is 0.900 bits per heavy atom. The van der Waals surface area contributed by atoms with Gasteiger partial charge in [0.15, 0.2) is 0 Å². The third-order valence-corrected chi connectivity index (χ3v) is 4.36. The van der Waals surface area contributed by atoms with Gasteiger partial charge in [0.2, 0.25) is 0 Å². The minimum absolute atomic E-state index is 0.877. The summed E-state index contributed by atoms with van der Waals surface area (Å²) in [4.78, 5) is 0. The van der Waals surface area contributed by atoms with Gasteiger partial charge in [0.25, 0.3) is 0 Å². The van der Waals surface area contributed by atoms with Crippen LogP contribution in [0.1, 0.15) is 34.7 Å². The Balaban J connectivity index is 2.19. The molecule has 0 aromatic heterocycles. The van der Waals surface area contributed by atoms with Gasteiger partial charge in [-0.05, 0) is 73.2 Å². The van der Waals surface area contributed by atoms with Crippen molar-refractivity contribution < 1.29 is 0 Å². The number of benzene rings is 2. The van der Waals surface area contributed by atoms with E-state index in [1.54, 1.807) is 0 Å². The summed E-state index contributed by atoms with van der Waals surface area (Å²) in [5, 5.41) is 3.57. The van der Waals surface area contributed by atoms with E-state index in [9.17, 15) is 0 Å². The summed E-state index contributed by atoms with van der Waals surface area (Å²) >= 11 is 3.53. The van der Waals surface area contributed by atoms with Crippen LogP contribution in [0.3, 0.4) is 0 Å². The summed E-state index contributed by atoms with van der Waals surface area (Å²) in [6.45, 7) is 9.60. The minimum Gasteiger partial charge on any atom is -0.381 e. The van der Waals surface area contributed by atoms with E-state index in [-0.39, 0.29) is 0 Å². The number of hydrogen-bond donors (Lipinski definition) is 1. The molecule has 1 N–H and O–H groups in total. The van der Waals surface area contributed by atoms with Gasteiger partial charge >= 0.3 is 0 Å². The first-order valence-corrected chi connectivity index (χ1v) is 7.89. The summed E-state index contributed by atoms with van der Waals surface area (Å²) in [5.74, 6) is 0.